The van der Waals surface area contributed by atoms with Crippen molar-refractivity contribution in [2.24, 2.45) is 16.7 Å². The Hall–Kier alpha value is -3.79. The maximum absolute atomic E-state index is 5.78. The minimum atomic E-state index is 0.207. The van der Waals surface area contributed by atoms with E-state index >= 15 is 0 Å². The third kappa shape index (κ3) is 7.52. The van der Waals surface area contributed by atoms with Gasteiger partial charge in [-0.2, -0.15) is 4.98 Å². The van der Waals surface area contributed by atoms with Gasteiger partial charge >= 0.3 is 0 Å². The summed E-state index contributed by atoms with van der Waals surface area (Å²) < 4.78 is 10.6. The Morgan fingerprint density at radius 2 is 2.00 bits per heavy atom. The van der Waals surface area contributed by atoms with Crippen molar-refractivity contribution in [2.45, 2.75) is 26.7 Å². The van der Waals surface area contributed by atoms with E-state index in [2.05, 4.69) is 37.5 Å². The molecule has 3 heterocycles. The number of nitrogens with one attached hydrogen (secondary N) is 1. The summed E-state index contributed by atoms with van der Waals surface area (Å²) in [4.78, 5) is 16.7. The van der Waals surface area contributed by atoms with Crippen LogP contribution in [0.4, 0.5) is 0 Å². The molecule has 3 aromatic heterocycles. The van der Waals surface area contributed by atoms with Crippen molar-refractivity contribution in [2.75, 3.05) is 13.7 Å². The molecule has 0 radical (unpaired) electrons. The van der Waals surface area contributed by atoms with Crippen molar-refractivity contribution in [1.29, 1.82) is 0 Å². The summed E-state index contributed by atoms with van der Waals surface area (Å²) in [6.45, 7) is 4.56. The fraction of sp³-hybridized carbons (Fsp3) is 0.286. The number of nitrogens with zero attached hydrogens (tertiary/aromatic N) is 5. The zero-order chi connectivity index (χ0) is 22.5. The van der Waals surface area contributed by atoms with E-state index < -0.39 is 0 Å². The zero-order valence-electron chi connectivity index (χ0n) is 17.9. The van der Waals surface area contributed by atoms with Crippen LogP contribution in [0, 0.1) is 6.92 Å². The third-order valence-electron chi connectivity index (χ3n) is 4.00. The van der Waals surface area contributed by atoms with Gasteiger partial charge in [0, 0.05) is 24.2 Å². The van der Waals surface area contributed by atoms with Gasteiger partial charge in [0.2, 0.25) is 5.88 Å². The SMILES string of the molecule is CCCCOc1nc(C)ncc1-c1ccc(/C(N)=N/NN)nc1.COc1cccnc1. The number of hydrogen-bond donors (Lipinski definition) is 3. The smallest absolute Gasteiger partial charge is 0.224 e. The van der Waals surface area contributed by atoms with E-state index in [4.69, 9.17) is 21.1 Å². The largest absolute Gasteiger partial charge is 0.495 e. The number of methoxy groups -OCH3 is 1. The molecule has 0 saturated heterocycles. The van der Waals surface area contributed by atoms with Gasteiger partial charge in [0.05, 0.1) is 25.5 Å². The predicted molar refractivity (Wildman–Crippen MR) is 119 cm³/mol. The summed E-state index contributed by atoms with van der Waals surface area (Å²) in [5, 5.41) is 3.69. The fourth-order valence-corrected chi connectivity index (χ4v) is 2.37. The number of amidine groups is 1. The van der Waals surface area contributed by atoms with E-state index in [1.807, 2.05) is 25.1 Å². The first-order valence-corrected chi connectivity index (χ1v) is 9.75. The van der Waals surface area contributed by atoms with E-state index in [0.29, 0.717) is 24.0 Å². The molecule has 3 rings (SSSR count). The molecule has 10 heteroatoms. The van der Waals surface area contributed by atoms with Crippen LogP contribution in [0.2, 0.25) is 0 Å². The highest BCUT2D eigenvalue weighted by molar-refractivity contribution is 5.95. The molecule has 0 spiro atoms. The molecule has 0 fully saturated rings. The normalized spacial score (nSPS) is 10.6. The van der Waals surface area contributed by atoms with Gasteiger partial charge in [-0.05, 0) is 31.5 Å². The summed E-state index contributed by atoms with van der Waals surface area (Å²) in [5.41, 5.74) is 10.0. The maximum Gasteiger partial charge on any atom is 0.224 e. The van der Waals surface area contributed by atoms with E-state index in [0.717, 1.165) is 29.7 Å². The predicted octanol–water partition coefficient (Wildman–Crippen LogP) is 2.20. The summed E-state index contributed by atoms with van der Waals surface area (Å²) in [5.74, 6) is 7.33. The highest BCUT2D eigenvalue weighted by Crippen LogP contribution is 2.27. The average molecular weight is 425 g/mol. The van der Waals surface area contributed by atoms with E-state index in [1.54, 1.807) is 38.0 Å². The van der Waals surface area contributed by atoms with Crippen molar-refractivity contribution in [3.63, 3.8) is 0 Å². The first-order chi connectivity index (χ1) is 15.1. The van der Waals surface area contributed by atoms with Gasteiger partial charge < -0.3 is 15.2 Å². The zero-order valence-corrected chi connectivity index (χ0v) is 17.9. The van der Waals surface area contributed by atoms with Gasteiger partial charge in [-0.1, -0.05) is 19.4 Å². The van der Waals surface area contributed by atoms with Crippen molar-refractivity contribution in [3.05, 3.63) is 60.6 Å². The Balaban J connectivity index is 0.000000357. The van der Waals surface area contributed by atoms with Crippen LogP contribution in [0.5, 0.6) is 11.6 Å². The quantitative estimate of drug-likeness (QED) is 0.163. The van der Waals surface area contributed by atoms with Crippen LogP contribution < -0.4 is 26.6 Å². The van der Waals surface area contributed by atoms with Crippen LogP contribution >= 0.6 is 0 Å². The topological polar surface area (TPSA) is 146 Å². The van der Waals surface area contributed by atoms with E-state index in [-0.39, 0.29) is 5.84 Å². The Morgan fingerprint density at radius 3 is 2.58 bits per heavy atom. The molecule has 3 aromatic rings. The van der Waals surface area contributed by atoms with Crippen LogP contribution in [0.25, 0.3) is 11.1 Å². The van der Waals surface area contributed by atoms with Crippen LogP contribution in [-0.4, -0.2) is 39.5 Å². The lowest BCUT2D eigenvalue weighted by atomic mass is 10.1. The molecule has 0 amide bonds. The first kappa shape index (κ1) is 23.5. The molecular weight excluding hydrogens is 396 g/mol. The summed E-state index contributed by atoms with van der Waals surface area (Å²) in [6.07, 6.45) is 8.82. The Labute approximate surface area is 181 Å². The Morgan fingerprint density at radius 1 is 1.16 bits per heavy atom. The second-order valence-corrected chi connectivity index (χ2v) is 6.29. The Kier molecular flexibility index (Phi) is 9.63. The molecular formula is C21H28N8O2. The summed E-state index contributed by atoms with van der Waals surface area (Å²) in [6, 6.07) is 7.30. The number of hydrazine groups is 1. The highest BCUT2D eigenvalue weighted by Gasteiger charge is 2.11. The molecule has 0 aliphatic rings. The van der Waals surface area contributed by atoms with Crippen LogP contribution in [0.3, 0.4) is 0 Å². The van der Waals surface area contributed by atoms with Crippen molar-refractivity contribution >= 4 is 5.84 Å². The third-order valence-corrected chi connectivity index (χ3v) is 4.00. The lowest BCUT2D eigenvalue weighted by molar-refractivity contribution is 0.298. The van der Waals surface area contributed by atoms with Crippen LogP contribution in [0.1, 0.15) is 31.3 Å². The molecule has 0 saturated carbocycles. The molecule has 0 atom stereocenters. The molecule has 10 nitrogen and oxygen atoms in total. The van der Waals surface area contributed by atoms with Gasteiger partial charge in [0.15, 0.2) is 5.84 Å². The van der Waals surface area contributed by atoms with Gasteiger partial charge in [-0.25, -0.2) is 16.4 Å². The number of aromatic nitrogens is 4. The minimum absolute atomic E-state index is 0.207. The lowest BCUT2D eigenvalue weighted by Crippen LogP contribution is -2.23. The molecule has 164 valence electrons. The fourth-order valence-electron chi connectivity index (χ4n) is 2.37. The van der Waals surface area contributed by atoms with Crippen LogP contribution in [0.15, 0.2) is 54.2 Å². The van der Waals surface area contributed by atoms with Gasteiger partial charge in [-0.15, -0.1) is 5.10 Å². The molecule has 31 heavy (non-hydrogen) atoms. The number of hydrazone groups is 1. The summed E-state index contributed by atoms with van der Waals surface area (Å²) >= 11 is 0. The number of unbranched alkanes of at least 4 members (excludes halogenated alkanes) is 1. The molecule has 5 N–H and O–H groups in total. The number of aryl methyl sites for hydroxylation is 1. The maximum atomic E-state index is 5.78. The Bertz CT molecular complexity index is 949. The van der Waals surface area contributed by atoms with Gasteiger partial charge in [-0.3, -0.25) is 9.97 Å². The summed E-state index contributed by atoms with van der Waals surface area (Å²) in [7, 11) is 1.62. The molecule has 0 unspecified atom stereocenters. The van der Waals surface area contributed by atoms with Crippen molar-refractivity contribution in [1.82, 2.24) is 25.5 Å². The number of pyridine rings is 2. The first-order valence-electron chi connectivity index (χ1n) is 9.75. The van der Waals surface area contributed by atoms with Gasteiger partial charge in [0.25, 0.3) is 0 Å². The van der Waals surface area contributed by atoms with E-state index in [1.165, 1.54) is 0 Å². The van der Waals surface area contributed by atoms with E-state index in [9.17, 15) is 0 Å². The molecule has 0 aromatic carbocycles. The standard InChI is InChI=1S/C15H21N7O.C6H7NO/c1-3-4-7-23-15-12(9-18-10(2)20-15)11-5-6-13(19-8-11)14(16)21-22-17;1-8-6-3-2-4-7-5-6/h5-6,8-9,22H,3-4,7,17H2,1-2H3,(H2,16,21);2-5H,1H3. The molecule has 0 bridgehead atoms. The minimum Gasteiger partial charge on any atom is -0.495 e. The monoisotopic (exact) mass is 424 g/mol. The number of rotatable bonds is 8. The van der Waals surface area contributed by atoms with Crippen molar-refractivity contribution < 1.29 is 9.47 Å². The average Bonchev–Trinajstić information content (AvgIpc) is 2.81. The second kappa shape index (κ2) is 12.7. The molecule has 0 aliphatic heterocycles. The number of ether oxygens (including phenoxy) is 2. The number of nitrogens with two attached hydrogens (primary N) is 2. The number of hydrogen-bond acceptors (Lipinski definition) is 9. The highest BCUT2D eigenvalue weighted by atomic mass is 16.5. The lowest BCUT2D eigenvalue weighted by Gasteiger charge is -2.10. The molecule has 0 aliphatic carbocycles. The van der Waals surface area contributed by atoms with Crippen molar-refractivity contribution in [3.8, 4) is 22.8 Å². The van der Waals surface area contributed by atoms with Gasteiger partial charge in [0.1, 0.15) is 17.3 Å². The van der Waals surface area contributed by atoms with Crippen LogP contribution in [-0.2, 0) is 0 Å². The second-order valence-electron chi connectivity index (χ2n) is 6.29.